The number of benzene rings is 1. The van der Waals surface area contributed by atoms with Crippen molar-refractivity contribution in [3.8, 4) is 0 Å². The number of oxime groups is 1. The lowest BCUT2D eigenvalue weighted by Gasteiger charge is -2.14. The van der Waals surface area contributed by atoms with Crippen molar-refractivity contribution in [3.63, 3.8) is 0 Å². The summed E-state index contributed by atoms with van der Waals surface area (Å²) in [7, 11) is 0. The molecule has 0 aliphatic carbocycles. The number of nitrogens with two attached hydrogens (primary N) is 1. The number of rotatable bonds is 4. The molecule has 94 valence electrons. The number of nitrogens with zero attached hydrogens (tertiary/aromatic N) is 1. The predicted molar refractivity (Wildman–Crippen MR) is 67.2 cm³/mol. The summed E-state index contributed by atoms with van der Waals surface area (Å²) >= 11 is 5.89. The molecule has 0 amide bonds. The highest BCUT2D eigenvalue weighted by atomic mass is 35.5. The third-order valence-electron chi connectivity index (χ3n) is 2.47. The molecule has 0 spiro atoms. The van der Waals surface area contributed by atoms with Gasteiger partial charge in [0.15, 0.2) is 0 Å². The number of hydrogen-bond donors (Lipinski definition) is 3. The number of nitrogens with one attached hydrogen (secondary N) is 1. The van der Waals surface area contributed by atoms with Gasteiger partial charge in [-0.05, 0) is 24.6 Å². The molecule has 0 fully saturated rings. The maximum absolute atomic E-state index is 13.2. The van der Waals surface area contributed by atoms with E-state index in [1.54, 1.807) is 19.9 Å². The quantitative estimate of drug-likeness (QED) is 0.337. The predicted octanol–water partition coefficient (Wildman–Crippen LogP) is 2.58. The van der Waals surface area contributed by atoms with Gasteiger partial charge in [-0.3, -0.25) is 0 Å². The molecule has 1 aromatic rings. The van der Waals surface area contributed by atoms with Gasteiger partial charge >= 0.3 is 0 Å². The number of anilines is 1. The fourth-order valence-corrected chi connectivity index (χ4v) is 1.48. The van der Waals surface area contributed by atoms with Crippen molar-refractivity contribution in [2.45, 2.75) is 13.8 Å². The molecule has 0 bridgehead atoms. The molecular formula is C11H15ClFN3O. The van der Waals surface area contributed by atoms with E-state index in [-0.39, 0.29) is 17.6 Å². The van der Waals surface area contributed by atoms with E-state index in [9.17, 15) is 4.39 Å². The second kappa shape index (κ2) is 5.72. The highest BCUT2D eigenvalue weighted by Gasteiger charge is 2.10. The fourth-order valence-electron chi connectivity index (χ4n) is 1.26. The molecule has 1 aromatic carbocycles. The van der Waals surface area contributed by atoms with Crippen LogP contribution in [0.1, 0.15) is 12.5 Å². The molecule has 0 radical (unpaired) electrons. The van der Waals surface area contributed by atoms with Gasteiger partial charge in [0.1, 0.15) is 11.7 Å². The molecule has 0 aliphatic rings. The van der Waals surface area contributed by atoms with Crippen molar-refractivity contribution in [3.05, 3.63) is 28.5 Å². The smallest absolute Gasteiger partial charge is 0.143 e. The van der Waals surface area contributed by atoms with Crippen LogP contribution in [-0.2, 0) is 0 Å². The Morgan fingerprint density at radius 2 is 2.29 bits per heavy atom. The number of amidine groups is 1. The van der Waals surface area contributed by atoms with Crippen LogP contribution in [0.3, 0.4) is 0 Å². The largest absolute Gasteiger partial charge is 0.409 e. The summed E-state index contributed by atoms with van der Waals surface area (Å²) in [5, 5.41) is 14.7. The Morgan fingerprint density at radius 3 is 2.88 bits per heavy atom. The van der Waals surface area contributed by atoms with Crippen LogP contribution in [-0.4, -0.2) is 17.6 Å². The molecule has 0 saturated heterocycles. The minimum Gasteiger partial charge on any atom is -0.409 e. The Kier molecular flexibility index (Phi) is 4.57. The van der Waals surface area contributed by atoms with Gasteiger partial charge in [-0.25, -0.2) is 4.39 Å². The Balaban J connectivity index is 2.73. The number of aryl methyl sites for hydroxylation is 1. The molecule has 1 atom stereocenters. The first-order valence-corrected chi connectivity index (χ1v) is 5.50. The van der Waals surface area contributed by atoms with Gasteiger partial charge in [0.05, 0.1) is 10.7 Å². The maximum Gasteiger partial charge on any atom is 0.143 e. The second-order valence-electron chi connectivity index (χ2n) is 3.89. The molecule has 0 aliphatic heterocycles. The molecular weight excluding hydrogens is 245 g/mol. The van der Waals surface area contributed by atoms with Gasteiger partial charge in [-0.15, -0.1) is 0 Å². The van der Waals surface area contributed by atoms with Crippen LogP contribution in [0.2, 0.25) is 5.02 Å². The number of halogens is 2. The van der Waals surface area contributed by atoms with Gasteiger partial charge < -0.3 is 16.3 Å². The SMILES string of the molecule is Cc1cc(NCC(C)/C(N)=N/O)c(Cl)cc1F. The van der Waals surface area contributed by atoms with Gasteiger partial charge in [-0.1, -0.05) is 23.7 Å². The Bertz CT molecular complexity index is 437. The van der Waals surface area contributed by atoms with E-state index in [1.165, 1.54) is 6.07 Å². The molecule has 6 heteroatoms. The van der Waals surface area contributed by atoms with Crippen LogP contribution in [0.25, 0.3) is 0 Å². The van der Waals surface area contributed by atoms with Crippen LogP contribution in [0.5, 0.6) is 0 Å². The standard InChI is InChI=1S/C11H15ClFN3O/c1-6-3-10(8(12)4-9(6)13)15-5-7(2)11(14)16-17/h3-4,7,15,17H,5H2,1-2H3,(H2,14,16). The van der Waals surface area contributed by atoms with Crippen molar-refractivity contribution >= 4 is 23.1 Å². The topological polar surface area (TPSA) is 70.6 Å². The van der Waals surface area contributed by atoms with Gasteiger partial charge in [0.25, 0.3) is 0 Å². The maximum atomic E-state index is 13.2. The summed E-state index contributed by atoms with van der Waals surface area (Å²) in [6, 6.07) is 2.88. The second-order valence-corrected chi connectivity index (χ2v) is 4.30. The Hall–Kier alpha value is -1.49. The fraction of sp³-hybridized carbons (Fsp3) is 0.364. The molecule has 1 rings (SSSR count). The summed E-state index contributed by atoms with van der Waals surface area (Å²) in [6.07, 6.45) is 0. The van der Waals surface area contributed by atoms with Gasteiger partial charge in [-0.2, -0.15) is 0 Å². The zero-order valence-electron chi connectivity index (χ0n) is 9.67. The Labute approximate surface area is 104 Å². The van der Waals surface area contributed by atoms with E-state index in [4.69, 9.17) is 22.5 Å². The lowest BCUT2D eigenvalue weighted by molar-refractivity contribution is 0.315. The van der Waals surface area contributed by atoms with Crippen LogP contribution in [0.15, 0.2) is 17.3 Å². The third kappa shape index (κ3) is 3.49. The van der Waals surface area contributed by atoms with Gasteiger partial charge in [0.2, 0.25) is 0 Å². The highest BCUT2D eigenvalue weighted by Crippen LogP contribution is 2.25. The van der Waals surface area contributed by atoms with Crippen molar-refractivity contribution in [1.29, 1.82) is 0 Å². The lowest BCUT2D eigenvalue weighted by Crippen LogP contribution is -2.27. The minimum atomic E-state index is -0.343. The van der Waals surface area contributed by atoms with Gasteiger partial charge in [0, 0.05) is 12.5 Å². The molecule has 4 nitrogen and oxygen atoms in total. The van der Waals surface area contributed by atoms with Crippen LogP contribution in [0.4, 0.5) is 10.1 Å². The molecule has 4 N–H and O–H groups in total. The van der Waals surface area contributed by atoms with E-state index >= 15 is 0 Å². The normalized spacial score (nSPS) is 13.5. The van der Waals surface area contributed by atoms with Crippen LogP contribution < -0.4 is 11.1 Å². The first-order chi connectivity index (χ1) is 7.95. The summed E-state index contributed by atoms with van der Waals surface area (Å²) in [5.41, 5.74) is 6.58. The minimum absolute atomic E-state index is 0.132. The monoisotopic (exact) mass is 259 g/mol. The van der Waals surface area contributed by atoms with E-state index in [1.807, 2.05) is 0 Å². The zero-order chi connectivity index (χ0) is 13.0. The van der Waals surface area contributed by atoms with Crippen molar-refractivity contribution < 1.29 is 9.60 Å². The summed E-state index contributed by atoms with van der Waals surface area (Å²) in [4.78, 5) is 0. The van der Waals surface area contributed by atoms with Crippen molar-refractivity contribution in [2.75, 3.05) is 11.9 Å². The molecule has 0 aromatic heterocycles. The summed E-state index contributed by atoms with van der Waals surface area (Å²) in [6.45, 7) is 3.90. The highest BCUT2D eigenvalue weighted by molar-refractivity contribution is 6.33. The number of hydrogen-bond acceptors (Lipinski definition) is 3. The van der Waals surface area contributed by atoms with E-state index in [2.05, 4.69) is 10.5 Å². The molecule has 1 unspecified atom stereocenters. The first-order valence-electron chi connectivity index (χ1n) is 5.12. The van der Waals surface area contributed by atoms with E-state index < -0.39 is 0 Å². The summed E-state index contributed by atoms with van der Waals surface area (Å²) < 4.78 is 13.2. The average molecular weight is 260 g/mol. The van der Waals surface area contributed by atoms with Crippen LogP contribution >= 0.6 is 11.6 Å². The van der Waals surface area contributed by atoms with E-state index in [0.29, 0.717) is 22.8 Å². The van der Waals surface area contributed by atoms with Crippen molar-refractivity contribution in [1.82, 2.24) is 0 Å². The molecule has 0 saturated carbocycles. The molecule has 0 heterocycles. The zero-order valence-corrected chi connectivity index (χ0v) is 10.4. The Morgan fingerprint density at radius 1 is 1.65 bits per heavy atom. The summed E-state index contributed by atoms with van der Waals surface area (Å²) in [5.74, 6) is -0.362. The average Bonchev–Trinajstić information content (AvgIpc) is 2.30. The van der Waals surface area contributed by atoms with E-state index in [0.717, 1.165) is 0 Å². The van der Waals surface area contributed by atoms with Crippen molar-refractivity contribution in [2.24, 2.45) is 16.8 Å². The lowest BCUT2D eigenvalue weighted by atomic mass is 10.1. The third-order valence-corrected chi connectivity index (χ3v) is 2.78. The van der Waals surface area contributed by atoms with Crippen LogP contribution in [0, 0.1) is 18.7 Å². The first kappa shape index (κ1) is 13.6. The molecule has 17 heavy (non-hydrogen) atoms.